The first kappa shape index (κ1) is 17.2. The molecule has 23 heavy (non-hydrogen) atoms. The number of nitrogens with one attached hydrogen (secondary N) is 2. The van der Waals surface area contributed by atoms with Crippen molar-refractivity contribution in [1.29, 1.82) is 0 Å². The molecule has 0 bridgehead atoms. The molecule has 0 aliphatic rings. The maximum Gasteiger partial charge on any atom is 0.251 e. The smallest absolute Gasteiger partial charge is 0.251 e. The third kappa shape index (κ3) is 4.64. The van der Waals surface area contributed by atoms with Crippen LogP contribution in [-0.2, 0) is 16.4 Å². The van der Waals surface area contributed by atoms with Gasteiger partial charge in [-0.05, 0) is 43.2 Å². The van der Waals surface area contributed by atoms with Crippen LogP contribution < -0.4 is 10.0 Å². The molecular weight excluding hydrogens is 312 g/mol. The average molecular weight is 332 g/mol. The normalized spacial score (nSPS) is 11.2. The van der Waals surface area contributed by atoms with Crippen molar-refractivity contribution in [3.05, 3.63) is 65.2 Å². The number of benzene rings is 2. The van der Waals surface area contributed by atoms with Gasteiger partial charge >= 0.3 is 0 Å². The fourth-order valence-electron chi connectivity index (χ4n) is 2.14. The molecule has 0 aliphatic heterocycles. The summed E-state index contributed by atoms with van der Waals surface area (Å²) in [6, 6.07) is 13.8. The van der Waals surface area contributed by atoms with Crippen LogP contribution in [0.5, 0.6) is 0 Å². The fraction of sp³-hybridized carbons (Fsp3) is 0.235. The van der Waals surface area contributed by atoms with E-state index in [4.69, 9.17) is 0 Å². The number of carbonyl (C=O) groups excluding carboxylic acids is 1. The lowest BCUT2D eigenvalue weighted by atomic mass is 10.1. The third-order valence-electron chi connectivity index (χ3n) is 3.45. The van der Waals surface area contributed by atoms with Crippen molar-refractivity contribution >= 4 is 15.9 Å². The lowest BCUT2D eigenvalue weighted by Gasteiger charge is -2.08. The molecule has 0 aliphatic carbocycles. The van der Waals surface area contributed by atoms with E-state index >= 15 is 0 Å². The molecule has 0 aromatic heterocycles. The Morgan fingerprint density at radius 1 is 1.09 bits per heavy atom. The second-order valence-electron chi connectivity index (χ2n) is 5.24. The monoisotopic (exact) mass is 332 g/mol. The van der Waals surface area contributed by atoms with Crippen molar-refractivity contribution in [2.75, 3.05) is 13.6 Å². The Balaban J connectivity index is 1.99. The van der Waals surface area contributed by atoms with Gasteiger partial charge in [0, 0.05) is 19.2 Å². The predicted octanol–water partition coefficient (Wildman–Crippen LogP) is 1.88. The number of aryl methyl sites for hydroxylation is 1. The molecule has 0 radical (unpaired) electrons. The number of hydrogen-bond acceptors (Lipinski definition) is 3. The van der Waals surface area contributed by atoms with E-state index in [0.29, 0.717) is 12.0 Å². The number of rotatable bonds is 6. The topological polar surface area (TPSA) is 75.3 Å². The van der Waals surface area contributed by atoms with Gasteiger partial charge in [-0.25, -0.2) is 13.1 Å². The Hall–Kier alpha value is -2.18. The zero-order valence-corrected chi connectivity index (χ0v) is 14.0. The molecule has 5 nitrogen and oxygen atoms in total. The predicted molar refractivity (Wildman–Crippen MR) is 89.9 cm³/mol. The zero-order chi connectivity index (χ0) is 16.9. The first-order valence-electron chi connectivity index (χ1n) is 7.30. The van der Waals surface area contributed by atoms with Crippen molar-refractivity contribution in [3.8, 4) is 0 Å². The van der Waals surface area contributed by atoms with Crippen molar-refractivity contribution in [2.24, 2.45) is 0 Å². The maximum absolute atomic E-state index is 12.2. The largest absolute Gasteiger partial charge is 0.355 e. The Bertz CT molecular complexity index is 784. The van der Waals surface area contributed by atoms with Crippen LogP contribution in [0.2, 0.25) is 0 Å². The van der Waals surface area contributed by atoms with Crippen LogP contribution in [0.25, 0.3) is 0 Å². The number of carbonyl (C=O) groups is 1. The summed E-state index contributed by atoms with van der Waals surface area (Å²) in [6.07, 6.45) is 0.510. The summed E-state index contributed by atoms with van der Waals surface area (Å²) in [6.45, 7) is 2.18. The van der Waals surface area contributed by atoms with E-state index < -0.39 is 10.0 Å². The minimum Gasteiger partial charge on any atom is -0.355 e. The van der Waals surface area contributed by atoms with Gasteiger partial charge in [-0.2, -0.15) is 0 Å². The van der Waals surface area contributed by atoms with Crippen molar-refractivity contribution in [3.63, 3.8) is 0 Å². The Morgan fingerprint density at radius 2 is 1.78 bits per heavy atom. The van der Waals surface area contributed by atoms with E-state index in [-0.39, 0.29) is 17.3 Å². The molecule has 0 saturated heterocycles. The lowest BCUT2D eigenvalue weighted by Crippen LogP contribution is -2.26. The highest BCUT2D eigenvalue weighted by molar-refractivity contribution is 7.89. The van der Waals surface area contributed by atoms with E-state index in [2.05, 4.69) is 10.0 Å². The van der Waals surface area contributed by atoms with Gasteiger partial charge in [0.25, 0.3) is 5.91 Å². The van der Waals surface area contributed by atoms with E-state index in [0.717, 1.165) is 11.1 Å². The molecule has 0 saturated carbocycles. The van der Waals surface area contributed by atoms with Gasteiger partial charge in [-0.1, -0.05) is 29.8 Å². The summed E-state index contributed by atoms with van der Waals surface area (Å²) >= 11 is 0. The van der Waals surface area contributed by atoms with Crippen LogP contribution in [0.3, 0.4) is 0 Å². The number of amides is 1. The minimum atomic E-state index is -3.51. The van der Waals surface area contributed by atoms with Crippen LogP contribution >= 0.6 is 0 Å². The summed E-state index contributed by atoms with van der Waals surface area (Å²) in [7, 11) is -1.93. The van der Waals surface area contributed by atoms with Gasteiger partial charge in [0.15, 0.2) is 0 Å². The third-order valence-corrected chi connectivity index (χ3v) is 4.93. The van der Waals surface area contributed by atoms with Crippen LogP contribution in [-0.4, -0.2) is 27.9 Å². The van der Waals surface area contributed by atoms with Gasteiger partial charge in [-0.15, -0.1) is 0 Å². The van der Waals surface area contributed by atoms with Crippen LogP contribution in [0.1, 0.15) is 21.5 Å². The average Bonchev–Trinajstić information content (AvgIpc) is 2.54. The Kier molecular flexibility index (Phi) is 5.52. The molecule has 0 fully saturated rings. The molecule has 0 heterocycles. The van der Waals surface area contributed by atoms with E-state index in [9.17, 15) is 13.2 Å². The first-order chi connectivity index (χ1) is 10.9. The second kappa shape index (κ2) is 7.39. The quantitative estimate of drug-likeness (QED) is 0.848. The molecule has 2 aromatic carbocycles. The molecular formula is C17H20N2O3S. The molecule has 6 heteroatoms. The van der Waals surface area contributed by atoms with Crippen molar-refractivity contribution < 1.29 is 13.2 Å². The highest BCUT2D eigenvalue weighted by Crippen LogP contribution is 2.10. The summed E-state index contributed by atoms with van der Waals surface area (Å²) in [4.78, 5) is 11.8. The molecule has 2 aromatic rings. The molecule has 0 spiro atoms. The van der Waals surface area contributed by atoms with Gasteiger partial charge in [0.1, 0.15) is 0 Å². The lowest BCUT2D eigenvalue weighted by molar-refractivity contribution is 0.0963. The summed E-state index contributed by atoms with van der Waals surface area (Å²) in [5.41, 5.74) is 2.47. The summed E-state index contributed by atoms with van der Waals surface area (Å²) in [5.74, 6) is -0.160. The first-order valence-corrected chi connectivity index (χ1v) is 8.78. The highest BCUT2D eigenvalue weighted by atomic mass is 32.2. The molecule has 1 amide bonds. The summed E-state index contributed by atoms with van der Waals surface area (Å²) in [5, 5.41) is 2.56. The Morgan fingerprint density at radius 3 is 2.43 bits per heavy atom. The van der Waals surface area contributed by atoms with Crippen LogP contribution in [0.15, 0.2) is 53.4 Å². The molecule has 2 N–H and O–H groups in total. The fourth-order valence-corrected chi connectivity index (χ4v) is 3.17. The Labute approximate surface area is 136 Å². The standard InChI is InChI=1S/C17H20N2O3S/c1-13-6-8-16(9-7-13)23(21,22)19-11-10-14-4-3-5-15(12-14)17(20)18-2/h3-9,12,19H,10-11H2,1-2H3,(H,18,20). The van der Waals surface area contributed by atoms with E-state index in [1.54, 1.807) is 49.5 Å². The van der Waals surface area contributed by atoms with Crippen molar-refractivity contribution in [1.82, 2.24) is 10.0 Å². The molecule has 122 valence electrons. The molecule has 0 atom stereocenters. The zero-order valence-electron chi connectivity index (χ0n) is 13.2. The van der Waals surface area contributed by atoms with E-state index in [1.165, 1.54) is 0 Å². The SMILES string of the molecule is CNC(=O)c1cccc(CCNS(=O)(=O)c2ccc(C)cc2)c1. The number of hydrogen-bond donors (Lipinski definition) is 2. The van der Waals surface area contributed by atoms with Gasteiger partial charge < -0.3 is 5.32 Å². The maximum atomic E-state index is 12.2. The van der Waals surface area contributed by atoms with Gasteiger partial charge in [-0.3, -0.25) is 4.79 Å². The van der Waals surface area contributed by atoms with E-state index in [1.807, 2.05) is 13.0 Å². The van der Waals surface area contributed by atoms with Crippen LogP contribution in [0, 0.1) is 6.92 Å². The minimum absolute atomic E-state index is 0.160. The molecule has 2 rings (SSSR count). The van der Waals surface area contributed by atoms with Gasteiger partial charge in [0.05, 0.1) is 4.90 Å². The van der Waals surface area contributed by atoms with Gasteiger partial charge in [0.2, 0.25) is 10.0 Å². The van der Waals surface area contributed by atoms with Crippen LogP contribution in [0.4, 0.5) is 0 Å². The van der Waals surface area contributed by atoms with Crippen molar-refractivity contribution in [2.45, 2.75) is 18.2 Å². The summed E-state index contributed by atoms with van der Waals surface area (Å²) < 4.78 is 26.9. The molecule has 0 unspecified atom stereocenters. The second-order valence-corrected chi connectivity index (χ2v) is 7.01. The highest BCUT2D eigenvalue weighted by Gasteiger charge is 2.13. The number of sulfonamides is 1.